The van der Waals surface area contributed by atoms with Crippen molar-refractivity contribution in [3.05, 3.63) is 29.0 Å². The van der Waals surface area contributed by atoms with E-state index in [9.17, 15) is 4.79 Å². The Bertz CT molecular complexity index is 265. The lowest BCUT2D eigenvalue weighted by atomic mass is 10.3. The number of rotatable bonds is 1. The van der Waals surface area contributed by atoms with E-state index in [1.165, 1.54) is 18.3 Å². The molecule has 1 rings (SSSR count). The van der Waals surface area contributed by atoms with Crippen LogP contribution in [0.1, 0.15) is 10.4 Å². The second kappa shape index (κ2) is 3.90. The van der Waals surface area contributed by atoms with E-state index in [0.29, 0.717) is 0 Å². The first-order valence-corrected chi connectivity index (χ1v) is 2.93. The summed E-state index contributed by atoms with van der Waals surface area (Å²) in [6, 6.07) is 2.92. The van der Waals surface area contributed by atoms with E-state index in [0.717, 1.165) is 0 Å². The second-order valence-corrected chi connectivity index (χ2v) is 2.00. The van der Waals surface area contributed by atoms with E-state index in [2.05, 4.69) is 4.98 Å². The molecule has 0 aliphatic heterocycles. The van der Waals surface area contributed by atoms with Gasteiger partial charge in [-0.1, -0.05) is 11.6 Å². The van der Waals surface area contributed by atoms with Crippen molar-refractivity contribution in [3.8, 4) is 0 Å². The molecule has 60 valence electrons. The fourth-order valence-electron chi connectivity index (χ4n) is 0.546. The number of aromatic carboxylic acids is 1. The van der Waals surface area contributed by atoms with Crippen LogP contribution in [0.25, 0.3) is 0 Å². The van der Waals surface area contributed by atoms with Crippen LogP contribution in [-0.4, -0.2) is 16.1 Å². The van der Waals surface area contributed by atoms with Crippen molar-refractivity contribution < 1.29 is 9.90 Å². The lowest BCUT2D eigenvalue weighted by Gasteiger charge is -1.93. The molecule has 0 saturated heterocycles. The van der Waals surface area contributed by atoms with Gasteiger partial charge in [0.25, 0.3) is 0 Å². The summed E-state index contributed by atoms with van der Waals surface area (Å²) in [6.07, 6.45) is 1.44. The number of pyridine rings is 1. The standard InChI is InChI=1S/C6H4ClNO2.H3N/c7-5-4(6(9)10)2-1-3-8-5;/h1-3H,(H,9,10);1H3. The molecule has 0 unspecified atom stereocenters. The summed E-state index contributed by atoms with van der Waals surface area (Å²) in [5.41, 5.74) is 0.0316. The third kappa shape index (κ3) is 2.18. The van der Waals surface area contributed by atoms with Crippen LogP contribution < -0.4 is 6.15 Å². The third-order valence-corrected chi connectivity index (χ3v) is 1.29. The molecule has 1 aromatic heterocycles. The summed E-state index contributed by atoms with van der Waals surface area (Å²) in [4.78, 5) is 13.9. The van der Waals surface area contributed by atoms with E-state index < -0.39 is 5.97 Å². The lowest BCUT2D eigenvalue weighted by Crippen LogP contribution is -1.97. The zero-order chi connectivity index (χ0) is 7.56. The van der Waals surface area contributed by atoms with Crippen molar-refractivity contribution in [1.29, 1.82) is 0 Å². The van der Waals surface area contributed by atoms with Gasteiger partial charge in [0, 0.05) is 6.20 Å². The fraction of sp³-hybridized carbons (Fsp3) is 0. The first kappa shape index (κ1) is 9.87. The number of hydrogen-bond acceptors (Lipinski definition) is 3. The maximum atomic E-state index is 10.3. The Morgan fingerprint density at radius 1 is 1.64 bits per heavy atom. The highest BCUT2D eigenvalue weighted by molar-refractivity contribution is 6.32. The number of halogens is 1. The molecule has 4 N–H and O–H groups in total. The number of carboxylic acids is 1. The maximum Gasteiger partial charge on any atom is 0.338 e. The average molecular weight is 175 g/mol. The SMILES string of the molecule is N.O=C(O)c1cccnc1Cl. The predicted octanol–water partition coefficient (Wildman–Crippen LogP) is 1.60. The summed E-state index contributed by atoms with van der Waals surface area (Å²) in [5, 5.41) is 8.46. The molecule has 0 aromatic carbocycles. The van der Waals surface area contributed by atoms with E-state index in [1.54, 1.807) is 0 Å². The minimum atomic E-state index is -1.06. The first-order chi connectivity index (χ1) is 4.72. The molecular formula is C6H7ClN2O2. The van der Waals surface area contributed by atoms with Crippen LogP contribution in [0.2, 0.25) is 5.15 Å². The summed E-state index contributed by atoms with van der Waals surface area (Å²) in [6.45, 7) is 0. The van der Waals surface area contributed by atoms with Crippen LogP contribution in [0, 0.1) is 0 Å². The van der Waals surface area contributed by atoms with Crippen molar-refractivity contribution in [2.75, 3.05) is 0 Å². The van der Waals surface area contributed by atoms with Crippen molar-refractivity contribution in [3.63, 3.8) is 0 Å². The zero-order valence-corrected chi connectivity index (χ0v) is 6.38. The summed E-state index contributed by atoms with van der Waals surface area (Å²) >= 11 is 5.43. The van der Waals surface area contributed by atoms with Gasteiger partial charge in [-0.15, -0.1) is 0 Å². The van der Waals surface area contributed by atoms with Gasteiger partial charge in [0.15, 0.2) is 0 Å². The van der Waals surface area contributed by atoms with Crippen LogP contribution in [0.4, 0.5) is 0 Å². The Labute approximate surface area is 68.4 Å². The summed E-state index contributed by atoms with van der Waals surface area (Å²) in [5.74, 6) is -1.06. The minimum Gasteiger partial charge on any atom is -0.478 e. The summed E-state index contributed by atoms with van der Waals surface area (Å²) in [7, 11) is 0. The molecule has 0 fully saturated rings. The molecule has 0 aliphatic rings. The van der Waals surface area contributed by atoms with Crippen molar-refractivity contribution >= 4 is 17.6 Å². The average Bonchev–Trinajstić information content (AvgIpc) is 1.88. The van der Waals surface area contributed by atoms with E-state index in [-0.39, 0.29) is 16.9 Å². The monoisotopic (exact) mass is 174 g/mol. The lowest BCUT2D eigenvalue weighted by molar-refractivity contribution is 0.0696. The molecular weight excluding hydrogens is 168 g/mol. The highest BCUT2D eigenvalue weighted by Gasteiger charge is 2.06. The minimum absolute atomic E-state index is 0. The quantitative estimate of drug-likeness (QED) is 0.634. The number of nitrogens with zero attached hydrogens (tertiary/aromatic N) is 1. The molecule has 11 heavy (non-hydrogen) atoms. The van der Waals surface area contributed by atoms with Crippen molar-refractivity contribution in [2.45, 2.75) is 0 Å². The molecule has 5 heteroatoms. The van der Waals surface area contributed by atoms with E-state index >= 15 is 0 Å². The van der Waals surface area contributed by atoms with Gasteiger partial charge in [-0.2, -0.15) is 0 Å². The molecule has 0 saturated carbocycles. The zero-order valence-electron chi connectivity index (χ0n) is 5.62. The van der Waals surface area contributed by atoms with Crippen LogP contribution in [-0.2, 0) is 0 Å². The van der Waals surface area contributed by atoms with Gasteiger partial charge >= 0.3 is 5.97 Å². The van der Waals surface area contributed by atoms with Gasteiger partial charge in [-0.25, -0.2) is 9.78 Å². The molecule has 4 nitrogen and oxygen atoms in total. The summed E-state index contributed by atoms with van der Waals surface area (Å²) < 4.78 is 0. The Hall–Kier alpha value is -1.13. The Morgan fingerprint density at radius 3 is 2.64 bits per heavy atom. The predicted molar refractivity (Wildman–Crippen MR) is 41.2 cm³/mol. The van der Waals surface area contributed by atoms with Gasteiger partial charge in [0.2, 0.25) is 0 Å². The Balaban J connectivity index is 0.000001000. The normalized spacial score (nSPS) is 8.45. The van der Waals surface area contributed by atoms with Crippen LogP contribution in [0.15, 0.2) is 18.3 Å². The largest absolute Gasteiger partial charge is 0.478 e. The van der Waals surface area contributed by atoms with E-state index in [1.807, 2.05) is 0 Å². The molecule has 1 aromatic rings. The van der Waals surface area contributed by atoms with Crippen molar-refractivity contribution in [2.24, 2.45) is 0 Å². The number of aromatic nitrogens is 1. The van der Waals surface area contributed by atoms with Crippen LogP contribution in [0.3, 0.4) is 0 Å². The maximum absolute atomic E-state index is 10.3. The van der Waals surface area contributed by atoms with E-state index in [4.69, 9.17) is 16.7 Å². The number of hydrogen-bond donors (Lipinski definition) is 2. The van der Waals surface area contributed by atoms with Gasteiger partial charge in [0.05, 0.1) is 5.56 Å². The number of carboxylic acid groups (broad SMARTS) is 1. The molecule has 0 atom stereocenters. The topological polar surface area (TPSA) is 85.2 Å². The van der Waals surface area contributed by atoms with Gasteiger partial charge in [-0.3, -0.25) is 0 Å². The fourth-order valence-corrected chi connectivity index (χ4v) is 0.746. The Kier molecular flexibility index (Phi) is 3.50. The Morgan fingerprint density at radius 2 is 2.27 bits per heavy atom. The third-order valence-electron chi connectivity index (χ3n) is 0.989. The first-order valence-electron chi connectivity index (χ1n) is 2.55. The number of carbonyl (C=O) groups is 1. The van der Waals surface area contributed by atoms with Gasteiger partial charge in [0.1, 0.15) is 5.15 Å². The molecule has 1 heterocycles. The van der Waals surface area contributed by atoms with Crippen molar-refractivity contribution in [1.82, 2.24) is 11.1 Å². The smallest absolute Gasteiger partial charge is 0.338 e. The molecule has 0 aliphatic carbocycles. The van der Waals surface area contributed by atoms with Gasteiger partial charge in [-0.05, 0) is 12.1 Å². The van der Waals surface area contributed by atoms with Crippen LogP contribution in [0.5, 0.6) is 0 Å². The molecule has 0 spiro atoms. The van der Waals surface area contributed by atoms with Crippen LogP contribution >= 0.6 is 11.6 Å². The highest BCUT2D eigenvalue weighted by atomic mass is 35.5. The molecule has 0 radical (unpaired) electrons. The molecule has 0 amide bonds. The molecule has 0 bridgehead atoms. The van der Waals surface area contributed by atoms with Gasteiger partial charge < -0.3 is 11.3 Å². The highest BCUT2D eigenvalue weighted by Crippen LogP contribution is 2.10. The second-order valence-electron chi connectivity index (χ2n) is 1.65.